The van der Waals surface area contributed by atoms with Gasteiger partial charge in [0.15, 0.2) is 5.82 Å². The van der Waals surface area contributed by atoms with E-state index in [9.17, 15) is 0 Å². The molecule has 0 amide bonds. The number of aryl methyl sites for hydroxylation is 2. The normalized spacial score (nSPS) is 24.2. The first-order valence-corrected chi connectivity index (χ1v) is 7.12. The van der Waals surface area contributed by atoms with Gasteiger partial charge in [0.1, 0.15) is 0 Å². The van der Waals surface area contributed by atoms with Crippen molar-refractivity contribution in [1.29, 1.82) is 0 Å². The van der Waals surface area contributed by atoms with E-state index in [1.807, 2.05) is 11.6 Å². The van der Waals surface area contributed by atoms with Gasteiger partial charge in [0, 0.05) is 19.6 Å². The maximum absolute atomic E-state index is 6.21. The fraction of sp³-hybridized carbons (Fsp3) is 0.786. The molecule has 1 fully saturated rings. The fourth-order valence-electron chi connectivity index (χ4n) is 3.20. The highest BCUT2D eigenvalue weighted by Crippen LogP contribution is 2.34. The second kappa shape index (κ2) is 5.21. The van der Waals surface area contributed by atoms with Crippen LogP contribution >= 0.6 is 0 Å². The minimum absolute atomic E-state index is 0.599. The molecule has 1 aliphatic carbocycles. The summed E-state index contributed by atoms with van der Waals surface area (Å²) in [5.74, 6) is 1.84. The Bertz CT molecular complexity index is 410. The van der Waals surface area contributed by atoms with Crippen molar-refractivity contribution in [3.63, 3.8) is 0 Å². The zero-order valence-corrected chi connectivity index (χ0v) is 12.1. The van der Waals surface area contributed by atoms with Crippen LogP contribution in [0.2, 0.25) is 0 Å². The van der Waals surface area contributed by atoms with Crippen molar-refractivity contribution in [2.75, 3.05) is 17.7 Å². The smallest absolute Gasteiger partial charge is 0.150 e. The van der Waals surface area contributed by atoms with Gasteiger partial charge in [-0.3, -0.25) is 0 Å². The maximum Gasteiger partial charge on any atom is 0.150 e. The van der Waals surface area contributed by atoms with Crippen LogP contribution in [0.4, 0.5) is 11.5 Å². The van der Waals surface area contributed by atoms with Crippen molar-refractivity contribution in [3.05, 3.63) is 5.69 Å². The van der Waals surface area contributed by atoms with Crippen molar-refractivity contribution in [2.24, 2.45) is 5.92 Å². The molecule has 0 aromatic carbocycles. The number of hydrogen-bond acceptors (Lipinski definition) is 3. The average Bonchev–Trinajstić information content (AvgIpc) is 2.65. The maximum atomic E-state index is 6.21. The summed E-state index contributed by atoms with van der Waals surface area (Å²) < 4.78 is 2.03. The molecule has 2 rings (SSSR count). The quantitative estimate of drug-likeness (QED) is 0.897. The van der Waals surface area contributed by atoms with Crippen LogP contribution in [0.15, 0.2) is 0 Å². The predicted octanol–water partition coefficient (Wildman–Crippen LogP) is 2.81. The van der Waals surface area contributed by atoms with Crippen LogP contribution in [0, 0.1) is 12.8 Å². The third kappa shape index (κ3) is 2.20. The van der Waals surface area contributed by atoms with E-state index in [2.05, 4.69) is 30.9 Å². The van der Waals surface area contributed by atoms with E-state index < -0.39 is 0 Å². The predicted molar refractivity (Wildman–Crippen MR) is 76.9 cm³/mol. The third-order valence-electron chi connectivity index (χ3n) is 4.34. The Kier molecular flexibility index (Phi) is 3.83. The Morgan fingerprint density at radius 2 is 2.06 bits per heavy atom. The van der Waals surface area contributed by atoms with Crippen LogP contribution in [0.3, 0.4) is 0 Å². The number of nitrogens with two attached hydrogens (primary N) is 1. The molecule has 0 spiro atoms. The molecule has 0 saturated heterocycles. The number of anilines is 2. The highest BCUT2D eigenvalue weighted by molar-refractivity contribution is 5.66. The number of hydrogen-bond donors (Lipinski definition) is 1. The van der Waals surface area contributed by atoms with Gasteiger partial charge in [-0.2, -0.15) is 5.10 Å². The van der Waals surface area contributed by atoms with E-state index in [1.54, 1.807) is 0 Å². The number of nitrogens with zero attached hydrogens (tertiary/aromatic N) is 3. The first-order chi connectivity index (χ1) is 8.56. The molecular formula is C14H26N4. The Hall–Kier alpha value is -1.19. The molecule has 2 N–H and O–H groups in total. The van der Waals surface area contributed by atoms with Gasteiger partial charge in [-0.1, -0.05) is 19.8 Å². The van der Waals surface area contributed by atoms with Gasteiger partial charge in [-0.15, -0.1) is 0 Å². The van der Waals surface area contributed by atoms with Gasteiger partial charge in [0.05, 0.1) is 11.4 Å². The monoisotopic (exact) mass is 250 g/mol. The van der Waals surface area contributed by atoms with Crippen molar-refractivity contribution in [2.45, 2.75) is 59.0 Å². The van der Waals surface area contributed by atoms with Crippen LogP contribution in [-0.4, -0.2) is 22.9 Å². The summed E-state index contributed by atoms with van der Waals surface area (Å²) in [6.07, 6.45) is 5.30. The zero-order chi connectivity index (χ0) is 13.3. The van der Waals surface area contributed by atoms with E-state index in [4.69, 9.17) is 5.73 Å². The van der Waals surface area contributed by atoms with Gasteiger partial charge in [-0.05, 0) is 32.6 Å². The Labute approximate surface area is 110 Å². The molecule has 0 radical (unpaired) electrons. The van der Waals surface area contributed by atoms with Crippen molar-refractivity contribution in [1.82, 2.24) is 9.78 Å². The van der Waals surface area contributed by atoms with Crippen molar-refractivity contribution < 1.29 is 0 Å². The lowest BCUT2D eigenvalue weighted by molar-refractivity contribution is 0.318. The van der Waals surface area contributed by atoms with Crippen LogP contribution in [0.5, 0.6) is 0 Å². The Morgan fingerprint density at radius 1 is 1.39 bits per heavy atom. The molecule has 1 saturated carbocycles. The highest BCUT2D eigenvalue weighted by Gasteiger charge is 2.28. The lowest BCUT2D eigenvalue weighted by Gasteiger charge is -2.37. The van der Waals surface area contributed by atoms with E-state index in [1.165, 1.54) is 25.7 Å². The summed E-state index contributed by atoms with van der Waals surface area (Å²) in [7, 11) is 2.17. The van der Waals surface area contributed by atoms with Crippen LogP contribution in [0.25, 0.3) is 0 Å². The molecular weight excluding hydrogens is 224 g/mol. The van der Waals surface area contributed by atoms with Gasteiger partial charge in [-0.25, -0.2) is 4.68 Å². The van der Waals surface area contributed by atoms with Gasteiger partial charge >= 0.3 is 0 Å². The van der Waals surface area contributed by atoms with E-state index in [0.29, 0.717) is 6.04 Å². The average molecular weight is 250 g/mol. The van der Waals surface area contributed by atoms with Crippen molar-refractivity contribution in [3.8, 4) is 0 Å². The minimum Gasteiger partial charge on any atom is -0.394 e. The summed E-state index contributed by atoms with van der Waals surface area (Å²) in [6.45, 7) is 7.34. The molecule has 2 atom stereocenters. The first kappa shape index (κ1) is 13.2. The second-order valence-corrected chi connectivity index (χ2v) is 5.58. The molecule has 1 heterocycles. The Morgan fingerprint density at radius 3 is 2.67 bits per heavy atom. The molecule has 4 nitrogen and oxygen atoms in total. The second-order valence-electron chi connectivity index (χ2n) is 5.58. The zero-order valence-electron chi connectivity index (χ0n) is 12.1. The van der Waals surface area contributed by atoms with Crippen molar-refractivity contribution >= 4 is 11.5 Å². The lowest BCUT2D eigenvalue weighted by Crippen LogP contribution is -2.40. The molecule has 0 aliphatic heterocycles. The van der Waals surface area contributed by atoms with Gasteiger partial charge in [0.2, 0.25) is 0 Å². The highest BCUT2D eigenvalue weighted by atomic mass is 15.4. The summed E-state index contributed by atoms with van der Waals surface area (Å²) in [4.78, 5) is 2.36. The molecule has 2 unspecified atom stereocenters. The number of rotatable bonds is 3. The van der Waals surface area contributed by atoms with Gasteiger partial charge < -0.3 is 10.6 Å². The molecule has 102 valence electrons. The SMILES string of the molecule is CCn1nc(C)c(N)c1N(C)C1CCCCC1C. The largest absolute Gasteiger partial charge is 0.394 e. The van der Waals surface area contributed by atoms with Gasteiger partial charge in [0.25, 0.3) is 0 Å². The third-order valence-corrected chi connectivity index (χ3v) is 4.34. The Balaban J connectivity index is 2.29. The minimum atomic E-state index is 0.599. The first-order valence-electron chi connectivity index (χ1n) is 7.12. The molecule has 1 aromatic heterocycles. The summed E-state index contributed by atoms with van der Waals surface area (Å²) in [5.41, 5.74) is 8.00. The van der Waals surface area contributed by atoms with E-state index >= 15 is 0 Å². The molecule has 1 aliphatic rings. The summed E-state index contributed by atoms with van der Waals surface area (Å²) in [5, 5.41) is 4.52. The number of nitrogen functional groups attached to an aromatic ring is 1. The topological polar surface area (TPSA) is 47.1 Å². The fourth-order valence-corrected chi connectivity index (χ4v) is 3.20. The van der Waals surface area contributed by atoms with Crippen LogP contribution in [-0.2, 0) is 6.54 Å². The van der Waals surface area contributed by atoms with Crippen LogP contribution in [0.1, 0.15) is 45.2 Å². The molecule has 4 heteroatoms. The molecule has 1 aromatic rings. The molecule has 18 heavy (non-hydrogen) atoms. The molecule has 0 bridgehead atoms. The standard InChI is InChI=1S/C14H26N4/c1-5-18-14(13(15)11(3)16-18)17(4)12-9-7-6-8-10(12)2/h10,12H,5-9,15H2,1-4H3. The van der Waals surface area contributed by atoms with Crippen LogP contribution < -0.4 is 10.6 Å². The summed E-state index contributed by atoms with van der Waals surface area (Å²) >= 11 is 0. The number of aromatic nitrogens is 2. The lowest BCUT2D eigenvalue weighted by atomic mass is 9.85. The van der Waals surface area contributed by atoms with E-state index in [0.717, 1.165) is 29.7 Å². The summed E-state index contributed by atoms with van der Waals surface area (Å²) in [6, 6.07) is 0.599. The van der Waals surface area contributed by atoms with E-state index in [-0.39, 0.29) is 0 Å².